The standard InChI is InChI=1S/C36H56O9/c1-18-10-15-36(31(42)43)17-16-34(6)21-8-9-22-32(3,4)23(44-30-26(39)24(37)25(38)27(45-30)29(40)41)12-13-33(22,5)20(21)11-14-35(34,7)28(36)19(18)2/h8,18-20,22-28,30,37-39H,9-17H2,1-7H3,(H,40,41)(H,42,43)/t18-,19+,20-,22+,23+,24+,25+,26-,27+,28+,30-,33-,34-,35+,36+/m1/s1. The zero-order valence-corrected chi connectivity index (χ0v) is 28.2. The third-order valence-electron chi connectivity index (χ3n) is 15.4. The molecule has 5 N–H and O–H groups in total. The predicted molar refractivity (Wildman–Crippen MR) is 166 cm³/mol. The van der Waals surface area contributed by atoms with E-state index in [-0.39, 0.29) is 39.6 Å². The summed E-state index contributed by atoms with van der Waals surface area (Å²) in [5.74, 6) is -0.359. The van der Waals surface area contributed by atoms with Gasteiger partial charge in [-0.05, 0) is 109 Å². The molecule has 1 saturated heterocycles. The summed E-state index contributed by atoms with van der Waals surface area (Å²) in [5, 5.41) is 51.5. The first-order valence-corrected chi connectivity index (χ1v) is 17.4. The molecule has 5 fully saturated rings. The molecule has 0 amide bonds. The summed E-state index contributed by atoms with van der Waals surface area (Å²) in [4.78, 5) is 24.7. The van der Waals surface area contributed by atoms with E-state index in [4.69, 9.17) is 9.47 Å². The summed E-state index contributed by atoms with van der Waals surface area (Å²) >= 11 is 0. The number of aliphatic hydroxyl groups excluding tert-OH is 3. The quantitative estimate of drug-likeness (QED) is 0.269. The van der Waals surface area contributed by atoms with Crippen LogP contribution in [0.25, 0.3) is 0 Å². The van der Waals surface area contributed by atoms with E-state index in [0.29, 0.717) is 24.2 Å². The molecular formula is C36H56O9. The highest BCUT2D eigenvalue weighted by atomic mass is 16.7. The lowest BCUT2D eigenvalue weighted by molar-refractivity contribution is -0.320. The average molecular weight is 633 g/mol. The highest BCUT2D eigenvalue weighted by Crippen LogP contribution is 2.76. The maximum atomic E-state index is 13.0. The Hall–Kier alpha value is -1.52. The molecule has 45 heavy (non-hydrogen) atoms. The highest BCUT2D eigenvalue weighted by molar-refractivity contribution is 5.76. The molecule has 1 aliphatic heterocycles. The Morgan fingerprint density at radius 2 is 1.56 bits per heavy atom. The van der Waals surface area contributed by atoms with E-state index in [1.165, 1.54) is 0 Å². The summed E-state index contributed by atoms with van der Waals surface area (Å²) in [7, 11) is 0. The van der Waals surface area contributed by atoms with E-state index in [1.54, 1.807) is 5.57 Å². The summed E-state index contributed by atoms with van der Waals surface area (Å²) in [6.07, 6.45) is 2.02. The molecule has 0 unspecified atom stereocenters. The number of carbonyl (C=O) groups is 2. The van der Waals surface area contributed by atoms with Crippen molar-refractivity contribution in [2.24, 2.45) is 56.7 Å². The number of carboxylic acid groups (broad SMARTS) is 2. The van der Waals surface area contributed by atoms with Gasteiger partial charge in [-0.25, -0.2) is 4.79 Å². The van der Waals surface area contributed by atoms with Crippen molar-refractivity contribution in [2.75, 3.05) is 0 Å². The second kappa shape index (κ2) is 10.7. The molecule has 6 aliphatic rings. The third kappa shape index (κ3) is 4.42. The van der Waals surface area contributed by atoms with Gasteiger partial charge in [0.15, 0.2) is 12.4 Å². The first-order valence-electron chi connectivity index (χ1n) is 17.4. The third-order valence-corrected chi connectivity index (χ3v) is 15.4. The molecule has 9 nitrogen and oxygen atoms in total. The molecule has 0 radical (unpaired) electrons. The van der Waals surface area contributed by atoms with Crippen LogP contribution in [-0.2, 0) is 19.1 Å². The number of hydrogen-bond acceptors (Lipinski definition) is 7. The van der Waals surface area contributed by atoms with Gasteiger partial charge in [-0.15, -0.1) is 0 Å². The lowest BCUT2D eigenvalue weighted by Gasteiger charge is -2.71. The van der Waals surface area contributed by atoms with Gasteiger partial charge in [0.2, 0.25) is 0 Å². The molecule has 5 aliphatic carbocycles. The fourth-order valence-corrected chi connectivity index (χ4v) is 12.5. The molecule has 0 aromatic heterocycles. The summed E-state index contributed by atoms with van der Waals surface area (Å²) in [6.45, 7) is 16.3. The lowest BCUT2D eigenvalue weighted by atomic mass is 9.33. The van der Waals surface area contributed by atoms with Crippen molar-refractivity contribution in [3.05, 3.63) is 11.6 Å². The van der Waals surface area contributed by atoms with Crippen LogP contribution in [-0.4, -0.2) is 74.3 Å². The number of aliphatic hydroxyl groups is 3. The molecule has 1 heterocycles. The number of hydrogen-bond donors (Lipinski definition) is 5. The van der Waals surface area contributed by atoms with Crippen molar-refractivity contribution in [3.63, 3.8) is 0 Å². The van der Waals surface area contributed by atoms with Crippen molar-refractivity contribution in [1.29, 1.82) is 0 Å². The van der Waals surface area contributed by atoms with E-state index >= 15 is 0 Å². The number of allylic oxidation sites excluding steroid dienone is 2. The van der Waals surface area contributed by atoms with Crippen molar-refractivity contribution in [3.8, 4) is 0 Å². The van der Waals surface area contributed by atoms with Crippen LogP contribution in [0.3, 0.4) is 0 Å². The molecule has 0 bridgehead atoms. The Balaban J connectivity index is 1.30. The zero-order chi connectivity index (χ0) is 33.1. The SMILES string of the molecule is C[C@H]1[C@H](C)CC[C@]2(C(=O)O)CC[C@]3(C)C4=CC[C@H]5C(C)(C)[C@@H](O[C@@H]6O[C@H](C(=O)O)[C@@H](O)[C@H](O)[C@H]6O)CC[C@]5(C)[C@@H]4CC[C@@]3(C)[C@H]12. The molecule has 0 spiro atoms. The Morgan fingerprint density at radius 3 is 2.20 bits per heavy atom. The average Bonchev–Trinajstić information content (AvgIpc) is 2.96. The van der Waals surface area contributed by atoms with Crippen LogP contribution < -0.4 is 0 Å². The lowest BCUT2D eigenvalue weighted by Crippen LogP contribution is -2.66. The van der Waals surface area contributed by atoms with Crippen LogP contribution in [0.2, 0.25) is 0 Å². The monoisotopic (exact) mass is 632 g/mol. The van der Waals surface area contributed by atoms with Crippen molar-refractivity contribution < 1.29 is 44.6 Å². The zero-order valence-electron chi connectivity index (χ0n) is 28.2. The summed E-state index contributed by atoms with van der Waals surface area (Å²) in [5.41, 5.74) is 0.385. The Labute approximate surface area is 267 Å². The molecule has 254 valence electrons. The van der Waals surface area contributed by atoms with Crippen LogP contribution >= 0.6 is 0 Å². The molecule has 0 aromatic carbocycles. The fourth-order valence-electron chi connectivity index (χ4n) is 12.5. The maximum Gasteiger partial charge on any atom is 0.335 e. The number of fused-ring (bicyclic) bond motifs is 7. The van der Waals surface area contributed by atoms with Gasteiger partial charge in [-0.2, -0.15) is 0 Å². The van der Waals surface area contributed by atoms with Crippen LogP contribution in [0.5, 0.6) is 0 Å². The van der Waals surface area contributed by atoms with Gasteiger partial charge in [-0.3, -0.25) is 4.79 Å². The minimum absolute atomic E-state index is 0.00403. The molecule has 9 heteroatoms. The van der Waals surface area contributed by atoms with Crippen LogP contribution in [0, 0.1) is 56.7 Å². The molecule has 15 atom stereocenters. The van der Waals surface area contributed by atoms with E-state index in [2.05, 4.69) is 54.5 Å². The van der Waals surface area contributed by atoms with E-state index < -0.39 is 48.1 Å². The van der Waals surface area contributed by atoms with Gasteiger partial charge in [0.1, 0.15) is 18.3 Å². The highest BCUT2D eigenvalue weighted by Gasteiger charge is 2.70. The maximum absolute atomic E-state index is 13.0. The van der Waals surface area contributed by atoms with Crippen molar-refractivity contribution in [2.45, 2.75) is 143 Å². The van der Waals surface area contributed by atoms with Crippen molar-refractivity contribution in [1.82, 2.24) is 0 Å². The molecule has 6 rings (SSSR count). The van der Waals surface area contributed by atoms with Gasteiger partial charge in [0.05, 0.1) is 11.5 Å². The minimum Gasteiger partial charge on any atom is -0.481 e. The molecular weight excluding hydrogens is 576 g/mol. The van der Waals surface area contributed by atoms with Gasteiger partial charge < -0.3 is 35.0 Å². The molecule has 0 aromatic rings. The van der Waals surface area contributed by atoms with Gasteiger partial charge >= 0.3 is 11.9 Å². The van der Waals surface area contributed by atoms with Crippen LogP contribution in [0.4, 0.5) is 0 Å². The first-order chi connectivity index (χ1) is 20.9. The number of ether oxygens (including phenoxy) is 2. The fraction of sp³-hybridized carbons (Fsp3) is 0.889. The van der Waals surface area contributed by atoms with E-state index in [0.717, 1.165) is 51.4 Å². The van der Waals surface area contributed by atoms with Crippen LogP contribution in [0.15, 0.2) is 11.6 Å². The van der Waals surface area contributed by atoms with E-state index in [9.17, 15) is 35.1 Å². The van der Waals surface area contributed by atoms with Crippen LogP contribution in [0.1, 0.15) is 106 Å². The minimum atomic E-state index is -1.75. The summed E-state index contributed by atoms with van der Waals surface area (Å²) < 4.78 is 11.9. The number of carboxylic acids is 2. The second-order valence-electron chi connectivity index (χ2n) is 17.3. The molecule has 4 saturated carbocycles. The van der Waals surface area contributed by atoms with E-state index in [1.807, 2.05) is 0 Å². The van der Waals surface area contributed by atoms with Gasteiger partial charge in [0.25, 0.3) is 0 Å². The summed E-state index contributed by atoms with van der Waals surface area (Å²) in [6, 6.07) is 0. The first kappa shape index (κ1) is 33.4. The Bertz CT molecular complexity index is 1250. The Morgan fingerprint density at radius 1 is 0.867 bits per heavy atom. The topological polar surface area (TPSA) is 154 Å². The van der Waals surface area contributed by atoms with Gasteiger partial charge in [-0.1, -0.05) is 60.1 Å². The second-order valence-corrected chi connectivity index (χ2v) is 17.3. The predicted octanol–water partition coefficient (Wildman–Crippen LogP) is 5.01. The van der Waals surface area contributed by atoms with Gasteiger partial charge in [0, 0.05) is 0 Å². The number of rotatable bonds is 4. The smallest absolute Gasteiger partial charge is 0.335 e. The normalized spacial score (nSPS) is 54.0. The Kier molecular flexibility index (Phi) is 7.97. The number of aliphatic carboxylic acids is 2. The van der Waals surface area contributed by atoms with Crippen molar-refractivity contribution >= 4 is 11.9 Å². The largest absolute Gasteiger partial charge is 0.481 e.